The minimum Gasteiger partial charge on any atom is -0.331 e. The van der Waals surface area contributed by atoms with Gasteiger partial charge in [-0.15, -0.1) is 0 Å². The smallest absolute Gasteiger partial charge is 0.248 e. The fourth-order valence-corrected chi connectivity index (χ4v) is 3.94. The summed E-state index contributed by atoms with van der Waals surface area (Å²) in [6.07, 6.45) is 0. The van der Waals surface area contributed by atoms with E-state index in [0.717, 1.165) is 33.5 Å². The van der Waals surface area contributed by atoms with E-state index in [2.05, 4.69) is 16.2 Å². The van der Waals surface area contributed by atoms with Crippen LogP contribution in [0.3, 0.4) is 0 Å². The number of thiocarbonyl (C=S) groups is 1. The van der Waals surface area contributed by atoms with E-state index in [4.69, 9.17) is 22.2 Å². The van der Waals surface area contributed by atoms with Crippen LogP contribution in [0.15, 0.2) is 83.9 Å². The molecule has 0 aliphatic rings. The van der Waals surface area contributed by atoms with Crippen molar-refractivity contribution < 1.29 is 4.79 Å². The highest BCUT2D eigenvalue weighted by Gasteiger charge is 2.13. The SMILES string of the molecule is Cc1ccc(NC(=S)NNC(=O)CSc2nc3ccccc3nc2-c2ccccc2)cc1. The van der Waals surface area contributed by atoms with E-state index in [9.17, 15) is 4.79 Å². The number of aromatic nitrogens is 2. The molecule has 32 heavy (non-hydrogen) atoms. The lowest BCUT2D eigenvalue weighted by molar-refractivity contribution is -0.119. The Morgan fingerprint density at radius 2 is 1.53 bits per heavy atom. The van der Waals surface area contributed by atoms with Crippen molar-refractivity contribution in [3.63, 3.8) is 0 Å². The van der Waals surface area contributed by atoms with Crippen LogP contribution in [0.2, 0.25) is 0 Å². The summed E-state index contributed by atoms with van der Waals surface area (Å²) in [7, 11) is 0. The Morgan fingerprint density at radius 3 is 2.25 bits per heavy atom. The summed E-state index contributed by atoms with van der Waals surface area (Å²) in [6, 6.07) is 25.4. The average molecular weight is 460 g/mol. The summed E-state index contributed by atoms with van der Waals surface area (Å²) in [5, 5.41) is 4.03. The van der Waals surface area contributed by atoms with E-state index in [1.54, 1.807) is 0 Å². The van der Waals surface area contributed by atoms with Crippen LogP contribution in [0.25, 0.3) is 22.3 Å². The molecule has 160 valence electrons. The Bertz CT molecular complexity index is 1250. The fourth-order valence-electron chi connectivity index (χ4n) is 2.96. The second-order valence-electron chi connectivity index (χ2n) is 7.01. The van der Waals surface area contributed by atoms with Gasteiger partial charge in [-0.3, -0.25) is 15.6 Å². The molecular formula is C24H21N5OS2. The number of fused-ring (bicyclic) bond motifs is 1. The molecule has 1 amide bonds. The predicted molar refractivity (Wildman–Crippen MR) is 134 cm³/mol. The summed E-state index contributed by atoms with van der Waals surface area (Å²) < 4.78 is 0. The molecule has 0 unspecified atom stereocenters. The number of nitrogens with zero attached hydrogens (tertiary/aromatic N) is 2. The van der Waals surface area contributed by atoms with Gasteiger partial charge >= 0.3 is 0 Å². The maximum absolute atomic E-state index is 12.4. The van der Waals surface area contributed by atoms with E-state index < -0.39 is 0 Å². The number of carbonyl (C=O) groups excluding carboxylic acids is 1. The van der Waals surface area contributed by atoms with Crippen LogP contribution in [0, 0.1) is 6.92 Å². The summed E-state index contributed by atoms with van der Waals surface area (Å²) in [6.45, 7) is 2.02. The number of hydrazine groups is 1. The lowest BCUT2D eigenvalue weighted by Gasteiger charge is -2.12. The van der Waals surface area contributed by atoms with Gasteiger partial charge in [0, 0.05) is 11.3 Å². The van der Waals surface area contributed by atoms with Crippen molar-refractivity contribution in [2.24, 2.45) is 0 Å². The number of nitrogens with one attached hydrogen (secondary N) is 3. The van der Waals surface area contributed by atoms with E-state index in [-0.39, 0.29) is 11.7 Å². The molecule has 0 aliphatic heterocycles. The van der Waals surface area contributed by atoms with Crippen molar-refractivity contribution in [2.75, 3.05) is 11.1 Å². The van der Waals surface area contributed by atoms with Crippen LogP contribution in [-0.4, -0.2) is 26.7 Å². The highest BCUT2D eigenvalue weighted by atomic mass is 32.2. The molecule has 0 spiro atoms. The first-order valence-corrected chi connectivity index (χ1v) is 11.4. The molecule has 0 fully saturated rings. The van der Waals surface area contributed by atoms with Gasteiger partial charge in [0.15, 0.2) is 5.11 Å². The van der Waals surface area contributed by atoms with Gasteiger partial charge in [-0.2, -0.15) is 0 Å². The van der Waals surface area contributed by atoms with Crippen LogP contribution >= 0.6 is 24.0 Å². The first-order chi connectivity index (χ1) is 15.6. The molecule has 0 saturated carbocycles. The van der Waals surface area contributed by atoms with Gasteiger partial charge in [-0.05, 0) is 43.4 Å². The van der Waals surface area contributed by atoms with Gasteiger partial charge in [-0.25, -0.2) is 9.97 Å². The molecule has 1 heterocycles. The molecule has 4 aromatic rings. The zero-order valence-electron chi connectivity index (χ0n) is 17.3. The third-order valence-electron chi connectivity index (χ3n) is 4.55. The van der Waals surface area contributed by atoms with Crippen molar-refractivity contribution in [3.8, 4) is 11.3 Å². The zero-order chi connectivity index (χ0) is 22.3. The zero-order valence-corrected chi connectivity index (χ0v) is 19.0. The lowest BCUT2D eigenvalue weighted by atomic mass is 10.1. The topological polar surface area (TPSA) is 78.9 Å². The van der Waals surface area contributed by atoms with Crippen molar-refractivity contribution in [1.82, 2.24) is 20.8 Å². The predicted octanol–water partition coefficient (Wildman–Crippen LogP) is 4.72. The summed E-state index contributed by atoms with van der Waals surface area (Å²) in [4.78, 5) is 21.9. The minimum absolute atomic E-state index is 0.160. The molecule has 0 aliphatic carbocycles. The van der Waals surface area contributed by atoms with Gasteiger partial charge in [0.25, 0.3) is 0 Å². The molecule has 0 bridgehead atoms. The Hall–Kier alpha value is -3.49. The number of amides is 1. The Kier molecular flexibility index (Phi) is 6.94. The van der Waals surface area contributed by atoms with E-state index in [1.165, 1.54) is 11.8 Å². The molecule has 6 nitrogen and oxygen atoms in total. The molecule has 0 radical (unpaired) electrons. The second-order valence-corrected chi connectivity index (χ2v) is 8.39. The van der Waals surface area contributed by atoms with Crippen LogP contribution in [-0.2, 0) is 4.79 Å². The van der Waals surface area contributed by atoms with Crippen LogP contribution < -0.4 is 16.2 Å². The molecular weight excluding hydrogens is 438 g/mol. The Labute approximate surface area is 195 Å². The number of hydrogen-bond acceptors (Lipinski definition) is 5. The summed E-state index contributed by atoms with van der Waals surface area (Å²) in [5.41, 5.74) is 10.7. The monoisotopic (exact) mass is 459 g/mol. The fraction of sp³-hybridized carbons (Fsp3) is 0.0833. The number of thioether (sulfide) groups is 1. The number of benzene rings is 3. The van der Waals surface area contributed by atoms with Crippen molar-refractivity contribution in [2.45, 2.75) is 11.9 Å². The first kappa shape index (κ1) is 21.7. The molecule has 4 rings (SSSR count). The quantitative estimate of drug-likeness (QED) is 0.226. The molecule has 1 aromatic heterocycles. The molecule has 8 heteroatoms. The van der Waals surface area contributed by atoms with Crippen molar-refractivity contribution in [3.05, 3.63) is 84.4 Å². The van der Waals surface area contributed by atoms with Gasteiger partial charge in [0.2, 0.25) is 5.91 Å². The van der Waals surface area contributed by atoms with E-state index >= 15 is 0 Å². The highest BCUT2D eigenvalue weighted by molar-refractivity contribution is 8.00. The van der Waals surface area contributed by atoms with Crippen LogP contribution in [0.5, 0.6) is 0 Å². The molecule has 0 atom stereocenters. The molecule has 0 saturated heterocycles. The average Bonchev–Trinajstić information content (AvgIpc) is 2.83. The number of carbonyl (C=O) groups is 1. The lowest BCUT2D eigenvalue weighted by Crippen LogP contribution is -2.44. The number of aryl methyl sites for hydroxylation is 1. The largest absolute Gasteiger partial charge is 0.331 e. The Morgan fingerprint density at radius 1 is 0.875 bits per heavy atom. The van der Waals surface area contributed by atoms with Crippen LogP contribution in [0.4, 0.5) is 5.69 Å². The van der Waals surface area contributed by atoms with Gasteiger partial charge in [0.1, 0.15) is 10.7 Å². The third kappa shape index (κ3) is 5.60. The summed E-state index contributed by atoms with van der Waals surface area (Å²) >= 11 is 6.57. The van der Waals surface area contributed by atoms with E-state index in [0.29, 0.717) is 10.1 Å². The minimum atomic E-state index is -0.225. The van der Waals surface area contributed by atoms with Crippen molar-refractivity contribution in [1.29, 1.82) is 0 Å². The van der Waals surface area contributed by atoms with E-state index in [1.807, 2.05) is 85.8 Å². The standard InChI is InChI=1S/C24H21N5OS2/c1-16-11-13-18(14-12-16)25-24(31)29-28-21(30)15-32-23-22(17-7-3-2-4-8-17)26-19-9-5-6-10-20(19)27-23/h2-14H,15H2,1H3,(H,28,30)(H2,25,29,31). The normalized spacial score (nSPS) is 10.5. The van der Waals surface area contributed by atoms with Gasteiger partial charge in [0.05, 0.1) is 16.8 Å². The number of hydrogen-bond donors (Lipinski definition) is 3. The number of anilines is 1. The summed E-state index contributed by atoms with van der Waals surface area (Å²) in [5.74, 6) is -0.0653. The maximum atomic E-state index is 12.4. The first-order valence-electron chi connectivity index (χ1n) is 9.96. The van der Waals surface area contributed by atoms with Gasteiger partial charge in [-0.1, -0.05) is 71.9 Å². The Balaban J connectivity index is 1.40. The van der Waals surface area contributed by atoms with Crippen molar-refractivity contribution >= 4 is 51.7 Å². The highest BCUT2D eigenvalue weighted by Crippen LogP contribution is 2.30. The van der Waals surface area contributed by atoms with Crippen LogP contribution in [0.1, 0.15) is 5.56 Å². The second kappa shape index (κ2) is 10.2. The number of rotatable bonds is 5. The molecule has 3 N–H and O–H groups in total. The number of para-hydroxylation sites is 2. The molecule has 3 aromatic carbocycles. The maximum Gasteiger partial charge on any atom is 0.248 e. The van der Waals surface area contributed by atoms with Gasteiger partial charge < -0.3 is 5.32 Å². The third-order valence-corrected chi connectivity index (χ3v) is 5.72.